The van der Waals surface area contributed by atoms with E-state index in [1.165, 1.54) is 29.3 Å². The third kappa shape index (κ3) is 3.26. The molecule has 1 aliphatic heterocycles. The fourth-order valence-corrected chi connectivity index (χ4v) is 4.38. The van der Waals surface area contributed by atoms with Gasteiger partial charge in [0.2, 0.25) is 0 Å². The molecule has 0 radical (unpaired) electrons. The van der Waals surface area contributed by atoms with Gasteiger partial charge in [-0.15, -0.1) is 0 Å². The number of aromatic nitrogens is 5. The summed E-state index contributed by atoms with van der Waals surface area (Å²) in [4.78, 5) is 21.2. The lowest BCUT2D eigenvalue weighted by Gasteiger charge is -2.09. The minimum Gasteiger partial charge on any atom is -0.383 e. The van der Waals surface area contributed by atoms with Crippen molar-refractivity contribution < 1.29 is 8.91 Å². The molecule has 0 amide bonds. The maximum atomic E-state index is 13.5. The Morgan fingerprint density at radius 1 is 1.18 bits per heavy atom. The fourth-order valence-electron chi connectivity index (χ4n) is 4.38. The molecule has 1 fully saturated rings. The highest BCUT2D eigenvalue weighted by Gasteiger charge is 2.24. The monoisotopic (exact) mass is 445 g/mol. The summed E-state index contributed by atoms with van der Waals surface area (Å²) in [6, 6.07) is 11.8. The molecule has 1 aliphatic rings. The van der Waals surface area contributed by atoms with E-state index in [0.29, 0.717) is 11.4 Å². The second kappa shape index (κ2) is 7.52. The van der Waals surface area contributed by atoms with Gasteiger partial charge in [-0.2, -0.15) is 9.84 Å². The topological polar surface area (TPSA) is 117 Å². The van der Waals surface area contributed by atoms with Crippen LogP contribution in [0.4, 0.5) is 10.2 Å². The third-order valence-corrected chi connectivity index (χ3v) is 6.06. The van der Waals surface area contributed by atoms with Crippen molar-refractivity contribution in [3.63, 3.8) is 0 Å². The molecule has 4 heterocycles. The summed E-state index contributed by atoms with van der Waals surface area (Å²) >= 11 is 0. The molecule has 0 spiro atoms. The van der Waals surface area contributed by atoms with E-state index >= 15 is 0 Å². The minimum absolute atomic E-state index is 0.208. The Balaban J connectivity index is 1.36. The summed E-state index contributed by atoms with van der Waals surface area (Å²) in [6.07, 6.45) is 2.43. The van der Waals surface area contributed by atoms with Gasteiger partial charge in [0.05, 0.1) is 23.4 Å². The van der Waals surface area contributed by atoms with Crippen LogP contribution in [0.25, 0.3) is 33.3 Å². The normalized spacial score (nSPS) is 16.2. The third-order valence-electron chi connectivity index (χ3n) is 6.06. The average Bonchev–Trinajstić information content (AvgIpc) is 3.54. The molecule has 1 unspecified atom stereocenters. The molecule has 1 atom stereocenters. The number of halogens is 1. The fraction of sp³-hybridized carbons (Fsp3) is 0.217. The molecule has 2 aromatic carbocycles. The average molecular weight is 445 g/mol. The molecule has 3 N–H and O–H groups in total. The van der Waals surface area contributed by atoms with Gasteiger partial charge in [0, 0.05) is 12.1 Å². The number of benzene rings is 2. The van der Waals surface area contributed by atoms with Crippen LogP contribution in [-0.2, 0) is 6.54 Å². The smallest absolute Gasteiger partial charge is 0.290 e. The first-order chi connectivity index (χ1) is 16.1. The van der Waals surface area contributed by atoms with Crippen molar-refractivity contribution in [3.05, 3.63) is 70.5 Å². The van der Waals surface area contributed by atoms with Gasteiger partial charge in [0.25, 0.3) is 5.56 Å². The number of nitrogens with zero attached hydrogens (tertiary/aromatic N) is 5. The van der Waals surface area contributed by atoms with E-state index in [-0.39, 0.29) is 23.5 Å². The van der Waals surface area contributed by atoms with E-state index in [2.05, 4.69) is 15.3 Å². The van der Waals surface area contributed by atoms with Crippen LogP contribution in [0.2, 0.25) is 0 Å². The molecule has 33 heavy (non-hydrogen) atoms. The summed E-state index contributed by atoms with van der Waals surface area (Å²) in [7, 11) is 0. The van der Waals surface area contributed by atoms with Gasteiger partial charge >= 0.3 is 0 Å². The zero-order valence-electron chi connectivity index (χ0n) is 17.5. The molecule has 3 aromatic heterocycles. The predicted molar refractivity (Wildman–Crippen MR) is 121 cm³/mol. The van der Waals surface area contributed by atoms with Gasteiger partial charge < -0.3 is 15.6 Å². The van der Waals surface area contributed by atoms with Crippen molar-refractivity contribution >= 4 is 27.8 Å². The van der Waals surface area contributed by atoms with Crippen molar-refractivity contribution in [1.82, 2.24) is 29.8 Å². The highest BCUT2D eigenvalue weighted by molar-refractivity contribution is 5.98. The number of anilines is 1. The van der Waals surface area contributed by atoms with E-state index in [1.54, 1.807) is 0 Å². The van der Waals surface area contributed by atoms with Crippen LogP contribution in [0.1, 0.15) is 18.0 Å². The lowest BCUT2D eigenvalue weighted by molar-refractivity contribution is 0.301. The molecular formula is C23H20FN7O2. The zero-order valence-corrected chi connectivity index (χ0v) is 17.5. The van der Waals surface area contributed by atoms with E-state index in [0.717, 1.165) is 47.4 Å². The molecule has 10 heteroatoms. The minimum atomic E-state index is -0.472. The van der Waals surface area contributed by atoms with Crippen molar-refractivity contribution in [3.8, 4) is 11.3 Å². The maximum Gasteiger partial charge on any atom is 0.290 e. The highest BCUT2D eigenvalue weighted by Crippen LogP contribution is 2.32. The van der Waals surface area contributed by atoms with Crippen LogP contribution in [-0.4, -0.2) is 37.6 Å². The predicted octanol–water partition coefficient (Wildman–Crippen LogP) is 2.71. The Labute approximate surface area is 186 Å². The number of hydrogen-bond acceptors (Lipinski definition) is 7. The van der Waals surface area contributed by atoms with Crippen molar-refractivity contribution in [2.24, 2.45) is 0 Å². The van der Waals surface area contributed by atoms with Gasteiger partial charge in [-0.05, 0) is 36.7 Å². The summed E-state index contributed by atoms with van der Waals surface area (Å²) in [5.41, 5.74) is 9.36. The van der Waals surface area contributed by atoms with Crippen LogP contribution in [0.3, 0.4) is 0 Å². The first kappa shape index (κ1) is 19.6. The summed E-state index contributed by atoms with van der Waals surface area (Å²) in [6.45, 7) is 1.99. The van der Waals surface area contributed by atoms with Crippen LogP contribution < -0.4 is 16.6 Å². The molecule has 5 aromatic rings. The van der Waals surface area contributed by atoms with Crippen molar-refractivity contribution in [1.29, 1.82) is 0 Å². The highest BCUT2D eigenvalue weighted by atomic mass is 19.1. The number of nitrogen functional groups attached to an aromatic ring is 1. The first-order valence-corrected chi connectivity index (χ1v) is 10.7. The Hall–Kier alpha value is -4.05. The summed E-state index contributed by atoms with van der Waals surface area (Å²) < 4.78 is 22.2. The molecule has 6 rings (SSSR count). The largest absolute Gasteiger partial charge is 0.383 e. The Morgan fingerprint density at radius 2 is 2.03 bits per heavy atom. The van der Waals surface area contributed by atoms with Gasteiger partial charge in [-0.3, -0.25) is 4.79 Å². The SMILES string of the molecule is Nc1ncnc2c1c(-c1ccc(Cn3oc4ccc(F)cc4c3=O)cc1)nn2C1CCNC1. The zero-order chi connectivity index (χ0) is 22.5. The van der Waals surface area contributed by atoms with Crippen molar-refractivity contribution in [2.75, 3.05) is 18.8 Å². The van der Waals surface area contributed by atoms with Gasteiger partial charge in [0.1, 0.15) is 23.7 Å². The number of fused-ring (bicyclic) bond motifs is 2. The summed E-state index contributed by atoms with van der Waals surface area (Å²) in [5.74, 6) is -0.0856. The van der Waals surface area contributed by atoms with Gasteiger partial charge in [-0.25, -0.2) is 19.0 Å². The van der Waals surface area contributed by atoms with E-state index in [1.807, 2.05) is 28.9 Å². The van der Waals surface area contributed by atoms with Crippen LogP contribution in [0.15, 0.2) is 58.1 Å². The second-order valence-corrected chi connectivity index (χ2v) is 8.17. The Morgan fingerprint density at radius 3 is 2.82 bits per heavy atom. The second-order valence-electron chi connectivity index (χ2n) is 8.17. The van der Waals surface area contributed by atoms with E-state index in [4.69, 9.17) is 15.4 Å². The molecule has 166 valence electrons. The van der Waals surface area contributed by atoms with Crippen LogP contribution in [0, 0.1) is 5.82 Å². The lowest BCUT2D eigenvalue weighted by Crippen LogP contribution is -2.15. The number of nitrogens with one attached hydrogen (secondary N) is 1. The Kier molecular flexibility index (Phi) is 4.47. The lowest BCUT2D eigenvalue weighted by atomic mass is 10.1. The maximum absolute atomic E-state index is 13.5. The standard InChI is InChI=1S/C23H20FN7O2/c24-15-5-6-18-17(9-15)23(32)30(33-18)11-13-1-3-14(4-2-13)20-19-21(25)27-12-28-22(19)31(29-20)16-7-8-26-10-16/h1-6,9,12,16,26H,7-8,10-11H2,(H2,25,27,28). The number of nitrogens with two attached hydrogens (primary N) is 1. The van der Waals surface area contributed by atoms with Gasteiger partial charge in [-0.1, -0.05) is 24.3 Å². The van der Waals surface area contributed by atoms with Crippen LogP contribution >= 0.6 is 0 Å². The molecule has 9 nitrogen and oxygen atoms in total. The molecule has 0 bridgehead atoms. The molecular weight excluding hydrogens is 425 g/mol. The first-order valence-electron chi connectivity index (χ1n) is 10.7. The van der Waals surface area contributed by atoms with Crippen molar-refractivity contribution in [2.45, 2.75) is 19.0 Å². The molecule has 1 saturated heterocycles. The number of rotatable bonds is 4. The van der Waals surface area contributed by atoms with Crippen LogP contribution in [0.5, 0.6) is 0 Å². The van der Waals surface area contributed by atoms with Gasteiger partial charge in [0.15, 0.2) is 11.2 Å². The van der Waals surface area contributed by atoms with E-state index in [9.17, 15) is 9.18 Å². The Bertz CT molecular complexity index is 1550. The summed E-state index contributed by atoms with van der Waals surface area (Å²) in [5, 5.41) is 9.16. The van der Waals surface area contributed by atoms with E-state index < -0.39 is 5.82 Å². The quantitative estimate of drug-likeness (QED) is 0.437. The molecule has 0 aliphatic carbocycles. The number of hydrogen-bond donors (Lipinski definition) is 2. The molecule has 0 saturated carbocycles.